The topological polar surface area (TPSA) is 106 Å². The second-order valence-electron chi connectivity index (χ2n) is 5.25. The number of nitriles is 1. The summed E-state index contributed by atoms with van der Waals surface area (Å²) in [6, 6.07) is 3.01. The summed E-state index contributed by atoms with van der Waals surface area (Å²) >= 11 is 0. The lowest BCUT2D eigenvalue weighted by atomic mass is 10.2. The molecule has 8 nitrogen and oxygen atoms in total. The smallest absolute Gasteiger partial charge is 0.308 e. The van der Waals surface area contributed by atoms with Crippen LogP contribution in [0.3, 0.4) is 0 Å². The van der Waals surface area contributed by atoms with Gasteiger partial charge in [0.1, 0.15) is 23.5 Å². The lowest BCUT2D eigenvalue weighted by Crippen LogP contribution is -2.36. The molecule has 0 aliphatic carbocycles. The zero-order chi connectivity index (χ0) is 17.1. The number of hydrogen-bond donors (Lipinski definition) is 1. The van der Waals surface area contributed by atoms with E-state index in [0.29, 0.717) is 23.6 Å². The summed E-state index contributed by atoms with van der Waals surface area (Å²) in [6.45, 7) is 5.30. The molecule has 23 heavy (non-hydrogen) atoms. The zero-order valence-corrected chi connectivity index (χ0v) is 13.5. The van der Waals surface area contributed by atoms with Gasteiger partial charge in [0.2, 0.25) is 5.91 Å². The second-order valence-corrected chi connectivity index (χ2v) is 5.25. The lowest BCUT2D eigenvalue weighted by molar-refractivity contribution is -0.119. The van der Waals surface area contributed by atoms with E-state index in [-0.39, 0.29) is 11.5 Å². The highest BCUT2D eigenvalue weighted by atomic mass is 16.2. The number of carbonyl (C=O) groups is 1. The SMILES string of the molecule is CCC(C(=O)Nc1c(C#N)cnn1C)n1c(C)cc(C)nc1=O. The van der Waals surface area contributed by atoms with E-state index in [2.05, 4.69) is 15.4 Å². The minimum atomic E-state index is -0.711. The van der Waals surface area contributed by atoms with Gasteiger partial charge in [-0.2, -0.15) is 15.3 Å². The molecule has 0 aliphatic rings. The van der Waals surface area contributed by atoms with Crippen molar-refractivity contribution in [1.82, 2.24) is 19.3 Å². The minimum Gasteiger partial charge on any atom is -0.308 e. The molecule has 1 atom stereocenters. The number of hydrogen-bond acceptors (Lipinski definition) is 5. The van der Waals surface area contributed by atoms with Gasteiger partial charge in [0.05, 0.1) is 6.20 Å². The average Bonchev–Trinajstić information content (AvgIpc) is 2.83. The molecule has 0 bridgehead atoms. The van der Waals surface area contributed by atoms with E-state index in [4.69, 9.17) is 5.26 Å². The van der Waals surface area contributed by atoms with Gasteiger partial charge in [0.15, 0.2) is 0 Å². The Labute approximate surface area is 133 Å². The summed E-state index contributed by atoms with van der Waals surface area (Å²) in [5.41, 5.74) is 1.07. The first-order valence-corrected chi connectivity index (χ1v) is 7.18. The molecule has 0 spiro atoms. The second kappa shape index (κ2) is 6.44. The van der Waals surface area contributed by atoms with E-state index in [0.717, 1.165) is 0 Å². The monoisotopic (exact) mass is 314 g/mol. The van der Waals surface area contributed by atoms with Crippen molar-refractivity contribution < 1.29 is 4.79 Å². The van der Waals surface area contributed by atoms with E-state index in [9.17, 15) is 9.59 Å². The highest BCUT2D eigenvalue weighted by Crippen LogP contribution is 2.18. The summed E-state index contributed by atoms with van der Waals surface area (Å²) < 4.78 is 2.77. The molecule has 8 heteroatoms. The van der Waals surface area contributed by atoms with Gasteiger partial charge in [0.25, 0.3) is 0 Å². The van der Waals surface area contributed by atoms with E-state index in [1.807, 2.05) is 13.0 Å². The molecule has 0 saturated heterocycles. The van der Waals surface area contributed by atoms with Gasteiger partial charge < -0.3 is 5.32 Å². The van der Waals surface area contributed by atoms with Crippen LogP contribution in [0, 0.1) is 25.2 Å². The van der Waals surface area contributed by atoms with Crippen molar-refractivity contribution >= 4 is 11.7 Å². The van der Waals surface area contributed by atoms with Crippen LogP contribution in [0.25, 0.3) is 0 Å². The van der Waals surface area contributed by atoms with Crippen molar-refractivity contribution in [2.45, 2.75) is 33.2 Å². The van der Waals surface area contributed by atoms with Crippen LogP contribution in [-0.2, 0) is 11.8 Å². The Kier molecular flexibility index (Phi) is 4.60. The molecule has 2 aromatic rings. The Hall–Kier alpha value is -2.95. The van der Waals surface area contributed by atoms with Gasteiger partial charge >= 0.3 is 5.69 Å². The van der Waals surface area contributed by atoms with Crippen LogP contribution in [0.1, 0.15) is 36.3 Å². The Morgan fingerprint density at radius 2 is 2.17 bits per heavy atom. The van der Waals surface area contributed by atoms with Crippen LogP contribution in [0.5, 0.6) is 0 Å². The Morgan fingerprint density at radius 1 is 1.48 bits per heavy atom. The zero-order valence-electron chi connectivity index (χ0n) is 13.5. The van der Waals surface area contributed by atoms with Crippen molar-refractivity contribution in [2.75, 3.05) is 5.32 Å². The molecule has 0 aromatic carbocycles. The molecule has 2 aromatic heterocycles. The van der Waals surface area contributed by atoms with Crippen LogP contribution >= 0.6 is 0 Å². The van der Waals surface area contributed by atoms with E-state index >= 15 is 0 Å². The molecule has 0 saturated carbocycles. The standard InChI is InChI=1S/C15H18N6O2/c1-5-12(21-10(3)6-9(2)18-15(21)23)14(22)19-13-11(7-16)8-17-20(13)4/h6,8,12H,5H2,1-4H3,(H,19,22). The maximum absolute atomic E-state index is 12.6. The first-order chi connectivity index (χ1) is 10.9. The Bertz CT molecular complexity index is 843. The van der Waals surface area contributed by atoms with E-state index in [1.54, 1.807) is 27.0 Å². The summed E-state index contributed by atoms with van der Waals surface area (Å²) in [6.07, 6.45) is 1.79. The average molecular weight is 314 g/mol. The Morgan fingerprint density at radius 3 is 2.74 bits per heavy atom. The predicted octanol–water partition coefficient (Wildman–Crippen LogP) is 1.06. The summed E-state index contributed by atoms with van der Waals surface area (Å²) in [4.78, 5) is 28.7. The first kappa shape index (κ1) is 16.4. The van der Waals surface area contributed by atoms with Crippen molar-refractivity contribution in [1.29, 1.82) is 5.26 Å². The Balaban J connectivity index is 2.39. The molecular formula is C15H18N6O2. The maximum Gasteiger partial charge on any atom is 0.348 e. The van der Waals surface area contributed by atoms with Crippen molar-refractivity contribution in [3.05, 3.63) is 39.7 Å². The molecule has 1 amide bonds. The van der Waals surface area contributed by atoms with Gasteiger partial charge in [-0.15, -0.1) is 0 Å². The normalized spacial score (nSPS) is 11.8. The van der Waals surface area contributed by atoms with Gasteiger partial charge in [-0.3, -0.25) is 14.0 Å². The van der Waals surface area contributed by atoms with Crippen LogP contribution < -0.4 is 11.0 Å². The third-order valence-corrected chi connectivity index (χ3v) is 3.58. The first-order valence-electron chi connectivity index (χ1n) is 7.18. The highest BCUT2D eigenvalue weighted by molar-refractivity contribution is 5.94. The largest absolute Gasteiger partial charge is 0.348 e. The third kappa shape index (κ3) is 3.13. The van der Waals surface area contributed by atoms with Crippen LogP contribution in [0.15, 0.2) is 17.1 Å². The molecule has 1 N–H and O–H groups in total. The van der Waals surface area contributed by atoms with Crippen LogP contribution in [-0.4, -0.2) is 25.2 Å². The minimum absolute atomic E-state index is 0.266. The summed E-state index contributed by atoms with van der Waals surface area (Å²) in [5, 5.41) is 15.7. The quantitative estimate of drug-likeness (QED) is 0.908. The number of aryl methyl sites for hydroxylation is 3. The fourth-order valence-electron chi connectivity index (χ4n) is 2.49. The number of nitrogens with zero attached hydrogens (tertiary/aromatic N) is 5. The summed E-state index contributed by atoms with van der Waals surface area (Å²) in [7, 11) is 1.63. The molecule has 2 heterocycles. The number of rotatable bonds is 4. The molecule has 2 rings (SSSR count). The molecule has 1 unspecified atom stereocenters. The number of nitrogens with one attached hydrogen (secondary N) is 1. The van der Waals surface area contributed by atoms with Gasteiger partial charge in [0, 0.05) is 18.4 Å². The van der Waals surface area contributed by atoms with Gasteiger partial charge in [-0.05, 0) is 26.3 Å². The third-order valence-electron chi connectivity index (χ3n) is 3.58. The fraction of sp³-hybridized carbons (Fsp3) is 0.400. The van der Waals surface area contributed by atoms with Crippen molar-refractivity contribution in [2.24, 2.45) is 7.05 Å². The fourth-order valence-corrected chi connectivity index (χ4v) is 2.49. The number of aromatic nitrogens is 4. The predicted molar refractivity (Wildman–Crippen MR) is 83.9 cm³/mol. The number of anilines is 1. The van der Waals surface area contributed by atoms with Gasteiger partial charge in [-0.1, -0.05) is 6.92 Å². The maximum atomic E-state index is 12.6. The van der Waals surface area contributed by atoms with Gasteiger partial charge in [-0.25, -0.2) is 4.79 Å². The number of amides is 1. The molecule has 0 radical (unpaired) electrons. The lowest BCUT2D eigenvalue weighted by Gasteiger charge is -2.20. The molecular weight excluding hydrogens is 296 g/mol. The highest BCUT2D eigenvalue weighted by Gasteiger charge is 2.23. The van der Waals surface area contributed by atoms with Crippen molar-refractivity contribution in [3.63, 3.8) is 0 Å². The van der Waals surface area contributed by atoms with E-state index in [1.165, 1.54) is 15.4 Å². The molecule has 0 fully saturated rings. The van der Waals surface area contributed by atoms with E-state index < -0.39 is 11.7 Å². The number of carbonyl (C=O) groups excluding carboxylic acids is 1. The summed E-state index contributed by atoms with van der Waals surface area (Å²) in [5.74, 6) is -0.0785. The molecule has 0 aliphatic heterocycles. The van der Waals surface area contributed by atoms with Crippen LogP contribution in [0.4, 0.5) is 5.82 Å². The van der Waals surface area contributed by atoms with Crippen molar-refractivity contribution in [3.8, 4) is 6.07 Å². The molecule has 120 valence electrons. The van der Waals surface area contributed by atoms with Crippen LogP contribution in [0.2, 0.25) is 0 Å².